The smallest absolute Gasteiger partial charge is 0.144 e. The summed E-state index contributed by atoms with van der Waals surface area (Å²) in [4.78, 5) is 0. The molecule has 2 nitrogen and oxygen atoms in total. The summed E-state index contributed by atoms with van der Waals surface area (Å²) in [7, 11) is 1.62. The average Bonchev–Trinajstić information content (AvgIpc) is 1.85. The second-order valence-corrected chi connectivity index (χ2v) is 3.26. The molecule has 11 heavy (non-hydrogen) atoms. The Hall–Kier alpha value is -0.700. The molecule has 0 saturated carbocycles. The highest BCUT2D eigenvalue weighted by Gasteiger charge is 2.03. The van der Waals surface area contributed by atoms with Gasteiger partial charge in [0.15, 0.2) is 0 Å². The zero-order chi connectivity index (χ0) is 8.43. The quantitative estimate of drug-likeness (QED) is 0.731. The number of nitrogen functional groups attached to an aromatic ring is 1. The Morgan fingerprint density at radius 1 is 1.45 bits per heavy atom. The van der Waals surface area contributed by atoms with Gasteiger partial charge >= 0.3 is 0 Å². The maximum atomic E-state index is 5.68. The van der Waals surface area contributed by atoms with Crippen LogP contribution in [0.3, 0.4) is 0 Å². The topological polar surface area (TPSA) is 35.2 Å². The highest BCUT2D eigenvalue weighted by molar-refractivity contribution is 9.10. The second-order valence-electron chi connectivity index (χ2n) is 2.35. The lowest BCUT2D eigenvalue weighted by molar-refractivity contribution is 0.414. The first-order valence-corrected chi connectivity index (χ1v) is 4.04. The minimum atomic E-state index is 0.666. The van der Waals surface area contributed by atoms with Crippen molar-refractivity contribution in [2.45, 2.75) is 6.92 Å². The predicted molar refractivity (Wildman–Crippen MR) is 49.8 cm³/mol. The van der Waals surface area contributed by atoms with Crippen LogP contribution in [0, 0.1) is 6.92 Å². The van der Waals surface area contributed by atoms with E-state index in [-0.39, 0.29) is 0 Å². The molecule has 1 aromatic carbocycles. The van der Waals surface area contributed by atoms with Gasteiger partial charge < -0.3 is 10.5 Å². The monoisotopic (exact) mass is 215 g/mol. The van der Waals surface area contributed by atoms with Crippen molar-refractivity contribution in [2.24, 2.45) is 0 Å². The maximum Gasteiger partial charge on any atom is 0.144 e. The Kier molecular flexibility index (Phi) is 2.39. The average molecular weight is 216 g/mol. The van der Waals surface area contributed by atoms with Crippen molar-refractivity contribution >= 4 is 21.6 Å². The number of nitrogens with two attached hydrogens (primary N) is 1. The fraction of sp³-hybridized carbons (Fsp3) is 0.250. The van der Waals surface area contributed by atoms with Gasteiger partial charge in [0, 0.05) is 4.47 Å². The number of anilines is 1. The summed E-state index contributed by atoms with van der Waals surface area (Å²) >= 11 is 3.34. The molecule has 1 aromatic rings. The zero-order valence-electron chi connectivity index (χ0n) is 6.52. The Labute approximate surface area is 74.5 Å². The lowest BCUT2D eigenvalue weighted by atomic mass is 10.2. The summed E-state index contributed by atoms with van der Waals surface area (Å²) in [5.41, 5.74) is 7.38. The molecule has 0 amide bonds. The maximum absolute atomic E-state index is 5.68. The molecule has 3 heteroatoms. The largest absolute Gasteiger partial charge is 0.494 e. The van der Waals surface area contributed by atoms with Gasteiger partial charge in [0.25, 0.3) is 0 Å². The van der Waals surface area contributed by atoms with Crippen molar-refractivity contribution < 1.29 is 4.74 Å². The third-order valence-corrected chi connectivity index (χ3v) is 1.93. The Morgan fingerprint density at radius 2 is 2.09 bits per heavy atom. The van der Waals surface area contributed by atoms with Crippen LogP contribution in [0.4, 0.5) is 5.69 Å². The number of benzene rings is 1. The number of rotatable bonds is 1. The molecule has 0 fully saturated rings. The molecule has 0 radical (unpaired) electrons. The van der Waals surface area contributed by atoms with E-state index in [0.29, 0.717) is 5.69 Å². The zero-order valence-corrected chi connectivity index (χ0v) is 8.10. The summed E-state index contributed by atoms with van der Waals surface area (Å²) in [6, 6.07) is 3.79. The van der Waals surface area contributed by atoms with Crippen LogP contribution in [0.25, 0.3) is 0 Å². The first kappa shape index (κ1) is 8.40. The normalized spacial score (nSPS) is 9.73. The van der Waals surface area contributed by atoms with E-state index in [9.17, 15) is 0 Å². The van der Waals surface area contributed by atoms with Gasteiger partial charge in [-0.2, -0.15) is 0 Å². The number of ether oxygens (including phenoxy) is 1. The summed E-state index contributed by atoms with van der Waals surface area (Å²) in [5, 5.41) is 0. The third-order valence-electron chi connectivity index (χ3n) is 1.47. The molecule has 2 N–H and O–H groups in total. The first-order valence-electron chi connectivity index (χ1n) is 3.24. The van der Waals surface area contributed by atoms with Gasteiger partial charge in [-0.25, -0.2) is 0 Å². The first-order chi connectivity index (χ1) is 5.15. The lowest BCUT2D eigenvalue weighted by Crippen LogP contribution is -1.94. The predicted octanol–water partition coefficient (Wildman–Crippen LogP) is 2.35. The standard InChI is InChI=1S/C8H10BrNO/c1-5-3-6(9)4-7(10)8(5)11-2/h3-4H,10H2,1-2H3. The molecule has 0 heterocycles. The van der Waals surface area contributed by atoms with E-state index in [1.54, 1.807) is 7.11 Å². The molecule has 0 unspecified atom stereocenters. The van der Waals surface area contributed by atoms with Gasteiger partial charge in [-0.05, 0) is 24.6 Å². The number of hydrogen-bond acceptors (Lipinski definition) is 2. The fourth-order valence-corrected chi connectivity index (χ4v) is 1.62. The molecule has 0 atom stereocenters. The van der Waals surface area contributed by atoms with Crippen LogP contribution in [-0.4, -0.2) is 7.11 Å². The molecule has 60 valence electrons. The number of aryl methyl sites for hydroxylation is 1. The van der Waals surface area contributed by atoms with E-state index < -0.39 is 0 Å². The van der Waals surface area contributed by atoms with Gasteiger partial charge in [0.1, 0.15) is 5.75 Å². The van der Waals surface area contributed by atoms with Crippen LogP contribution in [0.5, 0.6) is 5.75 Å². The molecule has 0 aliphatic carbocycles. The fourth-order valence-electron chi connectivity index (χ4n) is 1.03. The van der Waals surface area contributed by atoms with E-state index in [1.165, 1.54) is 0 Å². The van der Waals surface area contributed by atoms with Gasteiger partial charge in [0.05, 0.1) is 12.8 Å². The molecule has 0 saturated heterocycles. The number of hydrogen-bond donors (Lipinski definition) is 1. The number of methoxy groups -OCH3 is 1. The summed E-state index contributed by atoms with van der Waals surface area (Å²) in [6.45, 7) is 1.96. The van der Waals surface area contributed by atoms with E-state index >= 15 is 0 Å². The Bertz CT molecular complexity index is 250. The minimum absolute atomic E-state index is 0.666. The highest BCUT2D eigenvalue weighted by Crippen LogP contribution is 2.29. The van der Waals surface area contributed by atoms with Crippen molar-refractivity contribution in [1.29, 1.82) is 0 Å². The molecule has 0 aliphatic heterocycles. The van der Waals surface area contributed by atoms with Gasteiger partial charge in [-0.1, -0.05) is 15.9 Å². The van der Waals surface area contributed by atoms with Crippen LogP contribution in [-0.2, 0) is 0 Å². The van der Waals surface area contributed by atoms with E-state index in [0.717, 1.165) is 15.8 Å². The summed E-state index contributed by atoms with van der Waals surface area (Å²) in [6.07, 6.45) is 0. The molecule has 0 bridgehead atoms. The van der Waals surface area contributed by atoms with Crippen LogP contribution in [0.2, 0.25) is 0 Å². The summed E-state index contributed by atoms with van der Waals surface area (Å²) < 4.78 is 6.06. The van der Waals surface area contributed by atoms with Crippen molar-refractivity contribution in [3.05, 3.63) is 22.2 Å². The van der Waals surface area contributed by atoms with Crippen molar-refractivity contribution in [3.8, 4) is 5.75 Å². The Balaban J connectivity index is 3.25. The van der Waals surface area contributed by atoms with Crippen LogP contribution in [0.15, 0.2) is 16.6 Å². The molecular formula is C8H10BrNO. The molecule has 0 spiro atoms. The molecule has 0 aromatic heterocycles. The van der Waals surface area contributed by atoms with Gasteiger partial charge in [-0.15, -0.1) is 0 Å². The second kappa shape index (κ2) is 3.13. The van der Waals surface area contributed by atoms with Gasteiger partial charge in [0.2, 0.25) is 0 Å². The van der Waals surface area contributed by atoms with Gasteiger partial charge in [-0.3, -0.25) is 0 Å². The highest BCUT2D eigenvalue weighted by atomic mass is 79.9. The van der Waals surface area contributed by atoms with E-state index in [4.69, 9.17) is 10.5 Å². The van der Waals surface area contributed by atoms with E-state index in [1.807, 2.05) is 19.1 Å². The van der Waals surface area contributed by atoms with Crippen LogP contribution in [0.1, 0.15) is 5.56 Å². The molecule has 1 rings (SSSR count). The van der Waals surface area contributed by atoms with Crippen molar-refractivity contribution in [2.75, 3.05) is 12.8 Å². The van der Waals surface area contributed by atoms with Crippen LogP contribution >= 0.6 is 15.9 Å². The third kappa shape index (κ3) is 1.66. The molecule has 0 aliphatic rings. The van der Waals surface area contributed by atoms with E-state index in [2.05, 4.69) is 15.9 Å². The van der Waals surface area contributed by atoms with Crippen LogP contribution < -0.4 is 10.5 Å². The van der Waals surface area contributed by atoms with Crippen molar-refractivity contribution in [3.63, 3.8) is 0 Å². The molecular weight excluding hydrogens is 206 g/mol. The lowest BCUT2D eigenvalue weighted by Gasteiger charge is -2.07. The van der Waals surface area contributed by atoms with Crippen molar-refractivity contribution in [1.82, 2.24) is 0 Å². The summed E-state index contributed by atoms with van der Waals surface area (Å²) in [5.74, 6) is 0.758. The SMILES string of the molecule is COc1c(C)cc(Br)cc1N. The minimum Gasteiger partial charge on any atom is -0.494 e. The number of halogens is 1. The Morgan fingerprint density at radius 3 is 2.55 bits per heavy atom.